The fraction of sp³-hybridized carbons (Fsp3) is 0.158. The van der Waals surface area contributed by atoms with E-state index in [1.54, 1.807) is 18.3 Å². The number of rotatable bonds is 6. The number of methoxy groups -OCH3 is 3. The Balaban J connectivity index is 1.83. The van der Waals surface area contributed by atoms with Crippen LogP contribution in [0.2, 0.25) is 0 Å². The maximum atomic E-state index is 12.6. The normalized spacial score (nSPS) is 10.3. The van der Waals surface area contributed by atoms with Crippen LogP contribution in [0.4, 0.5) is 5.69 Å². The van der Waals surface area contributed by atoms with Crippen LogP contribution in [0.3, 0.4) is 0 Å². The Morgan fingerprint density at radius 2 is 1.65 bits per heavy atom. The van der Waals surface area contributed by atoms with E-state index in [-0.39, 0.29) is 5.91 Å². The number of ether oxygens (including phenoxy) is 3. The number of nitrogens with zero attached hydrogens (tertiary/aromatic N) is 1. The highest BCUT2D eigenvalue weighted by molar-refractivity contribution is 7.17. The van der Waals surface area contributed by atoms with Crippen molar-refractivity contribution in [2.45, 2.75) is 0 Å². The number of thiazole rings is 1. The van der Waals surface area contributed by atoms with Gasteiger partial charge in [-0.1, -0.05) is 30.3 Å². The molecule has 3 aromatic rings. The molecule has 0 aliphatic rings. The third-order valence-corrected chi connectivity index (χ3v) is 4.72. The summed E-state index contributed by atoms with van der Waals surface area (Å²) >= 11 is 1.33. The van der Waals surface area contributed by atoms with Crippen LogP contribution in [-0.2, 0) is 0 Å². The molecule has 3 rings (SSSR count). The van der Waals surface area contributed by atoms with E-state index in [2.05, 4.69) is 10.3 Å². The summed E-state index contributed by atoms with van der Waals surface area (Å²) in [5, 5.41) is 3.63. The van der Waals surface area contributed by atoms with E-state index in [1.807, 2.05) is 30.3 Å². The quantitative estimate of drug-likeness (QED) is 0.708. The lowest BCUT2D eigenvalue weighted by Gasteiger charge is -2.14. The second-order valence-electron chi connectivity index (χ2n) is 5.26. The molecule has 134 valence electrons. The van der Waals surface area contributed by atoms with Crippen molar-refractivity contribution in [2.75, 3.05) is 26.6 Å². The highest BCUT2D eigenvalue weighted by atomic mass is 32.1. The lowest BCUT2D eigenvalue weighted by atomic mass is 10.2. The SMILES string of the molecule is COc1cc(NC(=O)c2cnc(-c3ccccc3)s2)cc(OC)c1OC. The number of nitrogens with one attached hydrogen (secondary N) is 1. The van der Waals surface area contributed by atoms with Gasteiger partial charge in [0.1, 0.15) is 9.88 Å². The number of carbonyl (C=O) groups is 1. The van der Waals surface area contributed by atoms with Crippen molar-refractivity contribution in [3.05, 3.63) is 53.5 Å². The Hall–Kier alpha value is -3.06. The number of hydrogen-bond acceptors (Lipinski definition) is 6. The highest BCUT2D eigenvalue weighted by Crippen LogP contribution is 2.40. The second-order valence-corrected chi connectivity index (χ2v) is 6.29. The Morgan fingerprint density at radius 1 is 1.00 bits per heavy atom. The smallest absolute Gasteiger partial charge is 0.267 e. The Morgan fingerprint density at radius 3 is 2.23 bits per heavy atom. The van der Waals surface area contributed by atoms with E-state index in [4.69, 9.17) is 14.2 Å². The molecule has 26 heavy (non-hydrogen) atoms. The predicted molar refractivity (Wildman–Crippen MR) is 102 cm³/mol. The van der Waals surface area contributed by atoms with Gasteiger partial charge in [0.15, 0.2) is 11.5 Å². The summed E-state index contributed by atoms with van der Waals surface area (Å²) in [5.41, 5.74) is 1.52. The van der Waals surface area contributed by atoms with Crippen molar-refractivity contribution in [3.8, 4) is 27.8 Å². The maximum Gasteiger partial charge on any atom is 0.267 e. The summed E-state index contributed by atoms with van der Waals surface area (Å²) < 4.78 is 15.9. The van der Waals surface area contributed by atoms with Crippen molar-refractivity contribution in [2.24, 2.45) is 0 Å². The van der Waals surface area contributed by atoms with Crippen molar-refractivity contribution < 1.29 is 19.0 Å². The molecule has 0 spiro atoms. The molecule has 0 radical (unpaired) electrons. The van der Waals surface area contributed by atoms with Crippen LogP contribution in [0, 0.1) is 0 Å². The third-order valence-electron chi connectivity index (χ3n) is 3.67. The van der Waals surface area contributed by atoms with E-state index < -0.39 is 0 Å². The molecular formula is C19H18N2O4S. The Kier molecular flexibility index (Phi) is 5.38. The minimum atomic E-state index is -0.251. The van der Waals surface area contributed by atoms with Gasteiger partial charge in [0.25, 0.3) is 5.91 Å². The third kappa shape index (κ3) is 3.62. The molecule has 0 unspecified atom stereocenters. The highest BCUT2D eigenvalue weighted by Gasteiger charge is 2.16. The summed E-state index contributed by atoms with van der Waals surface area (Å²) in [6.07, 6.45) is 1.57. The number of hydrogen-bond donors (Lipinski definition) is 1. The molecule has 0 saturated heterocycles. The molecule has 6 nitrogen and oxygen atoms in total. The molecular weight excluding hydrogens is 352 g/mol. The molecule has 1 aromatic heterocycles. The van der Waals surface area contributed by atoms with Crippen LogP contribution in [0.1, 0.15) is 9.67 Å². The van der Waals surface area contributed by atoms with Crippen LogP contribution in [0.5, 0.6) is 17.2 Å². The summed E-state index contributed by atoms with van der Waals surface area (Å²) in [4.78, 5) is 17.4. The largest absolute Gasteiger partial charge is 0.493 e. The molecule has 1 heterocycles. The van der Waals surface area contributed by atoms with E-state index in [9.17, 15) is 4.79 Å². The van der Waals surface area contributed by atoms with Gasteiger partial charge in [-0.25, -0.2) is 4.98 Å². The van der Waals surface area contributed by atoms with Crippen LogP contribution in [-0.4, -0.2) is 32.2 Å². The van der Waals surface area contributed by atoms with E-state index in [1.165, 1.54) is 32.7 Å². The molecule has 7 heteroatoms. The Bertz CT molecular complexity index is 884. The standard InChI is InChI=1S/C19H18N2O4S/c1-23-14-9-13(10-15(24-2)17(14)25-3)21-18(22)16-11-20-19(26-16)12-7-5-4-6-8-12/h4-11H,1-3H3,(H,21,22). The number of aromatic nitrogens is 1. The molecule has 0 bridgehead atoms. The zero-order valence-electron chi connectivity index (χ0n) is 14.6. The fourth-order valence-electron chi connectivity index (χ4n) is 2.44. The van der Waals surface area contributed by atoms with Gasteiger partial charge in [-0.05, 0) is 0 Å². The van der Waals surface area contributed by atoms with Gasteiger partial charge in [0.2, 0.25) is 5.75 Å². The van der Waals surface area contributed by atoms with E-state index >= 15 is 0 Å². The van der Waals surface area contributed by atoms with Gasteiger partial charge in [-0.2, -0.15) is 0 Å². The molecule has 2 aromatic carbocycles. The van der Waals surface area contributed by atoms with Crippen molar-refractivity contribution in [3.63, 3.8) is 0 Å². The van der Waals surface area contributed by atoms with Crippen molar-refractivity contribution in [1.29, 1.82) is 0 Å². The van der Waals surface area contributed by atoms with Crippen molar-refractivity contribution in [1.82, 2.24) is 4.98 Å². The lowest BCUT2D eigenvalue weighted by molar-refractivity contribution is 0.103. The molecule has 0 atom stereocenters. The first-order valence-corrected chi connectivity index (χ1v) is 8.60. The van der Waals surface area contributed by atoms with Crippen LogP contribution in [0.25, 0.3) is 10.6 Å². The van der Waals surface area contributed by atoms with E-state index in [0.29, 0.717) is 27.8 Å². The van der Waals surface area contributed by atoms with Gasteiger partial charge < -0.3 is 19.5 Å². The van der Waals surface area contributed by atoms with Crippen LogP contribution in [0.15, 0.2) is 48.7 Å². The molecule has 0 fully saturated rings. The molecule has 1 amide bonds. The zero-order valence-corrected chi connectivity index (χ0v) is 15.4. The van der Waals surface area contributed by atoms with Gasteiger partial charge in [-0.3, -0.25) is 4.79 Å². The van der Waals surface area contributed by atoms with Crippen LogP contribution < -0.4 is 19.5 Å². The Labute approximate surface area is 155 Å². The average molecular weight is 370 g/mol. The summed E-state index contributed by atoms with van der Waals surface area (Å²) in [7, 11) is 4.58. The predicted octanol–water partition coefficient (Wildman–Crippen LogP) is 4.09. The lowest BCUT2D eigenvalue weighted by Crippen LogP contribution is -2.10. The van der Waals surface area contributed by atoms with Gasteiger partial charge in [-0.15, -0.1) is 11.3 Å². The summed E-state index contributed by atoms with van der Waals surface area (Å²) in [5.74, 6) is 1.16. The molecule has 0 saturated carbocycles. The zero-order chi connectivity index (χ0) is 18.5. The van der Waals surface area contributed by atoms with Crippen LogP contribution >= 0.6 is 11.3 Å². The fourth-order valence-corrected chi connectivity index (χ4v) is 3.26. The van der Waals surface area contributed by atoms with E-state index in [0.717, 1.165) is 10.6 Å². The summed E-state index contributed by atoms with van der Waals surface area (Å²) in [6.45, 7) is 0. The monoisotopic (exact) mass is 370 g/mol. The number of amides is 1. The van der Waals surface area contributed by atoms with Crippen molar-refractivity contribution >= 4 is 22.9 Å². The molecule has 0 aliphatic carbocycles. The first-order valence-electron chi connectivity index (χ1n) is 7.79. The number of carbonyl (C=O) groups excluding carboxylic acids is 1. The number of benzene rings is 2. The minimum absolute atomic E-state index is 0.251. The van der Waals surface area contributed by atoms with Gasteiger partial charge in [0.05, 0.1) is 27.5 Å². The second kappa shape index (κ2) is 7.88. The molecule has 1 N–H and O–H groups in total. The first kappa shape index (κ1) is 17.8. The maximum absolute atomic E-state index is 12.6. The summed E-state index contributed by atoms with van der Waals surface area (Å²) in [6, 6.07) is 13.1. The number of anilines is 1. The topological polar surface area (TPSA) is 69.7 Å². The van der Waals surface area contributed by atoms with Gasteiger partial charge in [0, 0.05) is 23.4 Å². The molecule has 0 aliphatic heterocycles. The van der Waals surface area contributed by atoms with Gasteiger partial charge >= 0.3 is 0 Å². The minimum Gasteiger partial charge on any atom is -0.493 e. The first-order chi connectivity index (χ1) is 12.7. The average Bonchev–Trinajstić information content (AvgIpc) is 3.18.